The van der Waals surface area contributed by atoms with E-state index in [2.05, 4.69) is 23.5 Å². The van der Waals surface area contributed by atoms with Crippen molar-refractivity contribution in [1.82, 2.24) is 5.32 Å². The number of aryl methyl sites for hydroxylation is 1. The van der Waals surface area contributed by atoms with Crippen molar-refractivity contribution in [1.29, 1.82) is 0 Å². The van der Waals surface area contributed by atoms with E-state index in [1.54, 1.807) is 7.11 Å². The van der Waals surface area contributed by atoms with Crippen LogP contribution in [-0.4, -0.2) is 25.6 Å². The van der Waals surface area contributed by atoms with Gasteiger partial charge in [-0.15, -0.1) is 12.4 Å². The molecule has 0 radical (unpaired) electrons. The molecule has 140 valence electrons. The lowest BCUT2D eigenvalue weighted by Gasteiger charge is -2.32. The summed E-state index contributed by atoms with van der Waals surface area (Å²) in [6, 6.07) is 6.49. The molecular weight excluding hydrogens is 336 g/mol. The number of hydrogen-bond donors (Lipinski definition) is 2. The van der Waals surface area contributed by atoms with E-state index in [1.807, 2.05) is 6.92 Å². The lowest BCUT2D eigenvalue weighted by molar-refractivity contribution is -0.127. The van der Waals surface area contributed by atoms with Crippen LogP contribution in [-0.2, 0) is 10.2 Å². The molecule has 2 atom stereocenters. The molecule has 0 aromatic heterocycles. The second-order valence-corrected chi connectivity index (χ2v) is 7.48. The highest BCUT2D eigenvalue weighted by Crippen LogP contribution is 2.43. The van der Waals surface area contributed by atoms with Crippen molar-refractivity contribution >= 4 is 18.3 Å². The molecule has 1 aromatic rings. The van der Waals surface area contributed by atoms with Gasteiger partial charge in [0.25, 0.3) is 0 Å². The number of methoxy groups -OCH3 is 1. The van der Waals surface area contributed by atoms with Gasteiger partial charge in [0, 0.05) is 6.04 Å². The molecule has 2 fully saturated rings. The lowest BCUT2D eigenvalue weighted by Crippen LogP contribution is -2.49. The minimum Gasteiger partial charge on any atom is -0.496 e. The Morgan fingerprint density at radius 2 is 2.00 bits per heavy atom. The zero-order valence-electron chi connectivity index (χ0n) is 15.3. The second-order valence-electron chi connectivity index (χ2n) is 7.48. The molecule has 2 aliphatic rings. The fraction of sp³-hybridized carbons (Fsp3) is 0.650. The maximum Gasteiger partial charge on any atom is 0.230 e. The summed E-state index contributed by atoms with van der Waals surface area (Å²) in [6.07, 6.45) is 7.41. The molecule has 0 bridgehead atoms. The predicted octanol–water partition coefficient (Wildman–Crippen LogP) is 3.48. The molecule has 0 heterocycles. The standard InChI is InChI=1S/C20H30N2O2.ClH/c1-14-8-9-16(12-18(14)24-2)20(10-3-4-11-20)19(23)22-17-7-5-6-15(17)13-21;/h8-9,12,15,17H,3-7,10-11,13,21H2,1-2H3,(H,22,23);1H. The van der Waals surface area contributed by atoms with Crippen LogP contribution in [0.2, 0.25) is 0 Å². The van der Waals surface area contributed by atoms with Crippen molar-refractivity contribution in [2.24, 2.45) is 11.7 Å². The van der Waals surface area contributed by atoms with E-state index in [9.17, 15) is 4.79 Å². The SMILES string of the molecule is COc1cc(C2(C(=O)NC3CCCC3CN)CCCC2)ccc1C.Cl. The Kier molecular flexibility index (Phi) is 6.75. The van der Waals surface area contributed by atoms with Crippen LogP contribution in [0.15, 0.2) is 18.2 Å². The number of carbonyl (C=O) groups is 1. The third kappa shape index (κ3) is 3.80. The Balaban J connectivity index is 0.00000225. The number of halogens is 1. The summed E-state index contributed by atoms with van der Waals surface area (Å²) in [6.45, 7) is 2.70. The highest BCUT2D eigenvalue weighted by molar-refractivity contribution is 5.89. The summed E-state index contributed by atoms with van der Waals surface area (Å²) in [4.78, 5) is 13.3. The molecule has 5 heteroatoms. The van der Waals surface area contributed by atoms with Crippen LogP contribution in [0.1, 0.15) is 56.1 Å². The normalized spacial score (nSPS) is 24.6. The monoisotopic (exact) mass is 366 g/mol. The molecule has 1 amide bonds. The minimum absolute atomic E-state index is 0. The zero-order valence-corrected chi connectivity index (χ0v) is 16.2. The average molecular weight is 367 g/mol. The van der Waals surface area contributed by atoms with Crippen LogP contribution in [0, 0.1) is 12.8 Å². The van der Waals surface area contributed by atoms with E-state index in [0.717, 1.165) is 61.8 Å². The van der Waals surface area contributed by atoms with E-state index < -0.39 is 5.41 Å². The molecule has 3 N–H and O–H groups in total. The highest BCUT2D eigenvalue weighted by atomic mass is 35.5. The summed E-state index contributed by atoms with van der Waals surface area (Å²) in [5.74, 6) is 1.49. The van der Waals surface area contributed by atoms with Crippen LogP contribution in [0.5, 0.6) is 5.75 Å². The Hall–Kier alpha value is -1.26. The number of nitrogens with two attached hydrogens (primary N) is 1. The smallest absolute Gasteiger partial charge is 0.230 e. The highest BCUT2D eigenvalue weighted by Gasteiger charge is 2.44. The van der Waals surface area contributed by atoms with Crippen LogP contribution in [0.4, 0.5) is 0 Å². The van der Waals surface area contributed by atoms with Crippen molar-refractivity contribution in [2.45, 2.75) is 63.3 Å². The Morgan fingerprint density at radius 3 is 2.64 bits per heavy atom. The van der Waals surface area contributed by atoms with Gasteiger partial charge in [-0.2, -0.15) is 0 Å². The first-order valence-corrected chi connectivity index (χ1v) is 9.27. The van der Waals surface area contributed by atoms with Gasteiger partial charge < -0.3 is 15.8 Å². The number of ether oxygens (including phenoxy) is 1. The molecule has 25 heavy (non-hydrogen) atoms. The molecule has 0 saturated heterocycles. The van der Waals surface area contributed by atoms with Gasteiger partial charge >= 0.3 is 0 Å². The van der Waals surface area contributed by atoms with Gasteiger partial charge in [0.2, 0.25) is 5.91 Å². The van der Waals surface area contributed by atoms with Crippen LogP contribution in [0.25, 0.3) is 0 Å². The van der Waals surface area contributed by atoms with E-state index in [-0.39, 0.29) is 24.4 Å². The summed E-state index contributed by atoms with van der Waals surface area (Å²) in [7, 11) is 1.69. The maximum absolute atomic E-state index is 13.3. The van der Waals surface area contributed by atoms with Crippen molar-refractivity contribution < 1.29 is 9.53 Å². The minimum atomic E-state index is -0.400. The largest absolute Gasteiger partial charge is 0.496 e. The molecule has 2 aliphatic carbocycles. The Labute approximate surface area is 157 Å². The number of hydrogen-bond acceptors (Lipinski definition) is 3. The first-order valence-electron chi connectivity index (χ1n) is 9.27. The molecule has 1 aromatic carbocycles. The fourth-order valence-electron chi connectivity index (χ4n) is 4.56. The number of amides is 1. The predicted molar refractivity (Wildman–Crippen MR) is 103 cm³/mol. The Morgan fingerprint density at radius 1 is 1.28 bits per heavy atom. The molecule has 0 spiro atoms. The van der Waals surface area contributed by atoms with Crippen molar-refractivity contribution in [2.75, 3.05) is 13.7 Å². The number of carbonyl (C=O) groups excluding carboxylic acids is 1. The first kappa shape index (κ1) is 20.1. The van der Waals surface area contributed by atoms with Gasteiger partial charge in [-0.25, -0.2) is 0 Å². The maximum atomic E-state index is 13.3. The molecule has 4 nitrogen and oxygen atoms in total. The summed E-state index contributed by atoms with van der Waals surface area (Å²) >= 11 is 0. The fourth-order valence-corrected chi connectivity index (χ4v) is 4.56. The van der Waals surface area contributed by atoms with E-state index >= 15 is 0 Å². The van der Waals surface area contributed by atoms with E-state index in [1.165, 1.54) is 0 Å². The number of benzene rings is 1. The summed E-state index contributed by atoms with van der Waals surface area (Å²) in [5, 5.41) is 3.35. The molecular formula is C20H31ClN2O2. The van der Waals surface area contributed by atoms with Crippen LogP contribution < -0.4 is 15.8 Å². The summed E-state index contributed by atoms with van der Waals surface area (Å²) < 4.78 is 5.49. The van der Waals surface area contributed by atoms with Crippen molar-refractivity contribution in [3.63, 3.8) is 0 Å². The van der Waals surface area contributed by atoms with Gasteiger partial charge in [-0.1, -0.05) is 31.4 Å². The third-order valence-electron chi connectivity index (χ3n) is 6.13. The van der Waals surface area contributed by atoms with Crippen LogP contribution in [0.3, 0.4) is 0 Å². The van der Waals surface area contributed by atoms with Gasteiger partial charge in [-0.05, 0) is 62.3 Å². The molecule has 2 saturated carbocycles. The first-order chi connectivity index (χ1) is 11.6. The topological polar surface area (TPSA) is 64.3 Å². The van der Waals surface area contributed by atoms with Gasteiger partial charge in [0.1, 0.15) is 5.75 Å². The average Bonchev–Trinajstić information content (AvgIpc) is 3.25. The van der Waals surface area contributed by atoms with E-state index in [0.29, 0.717) is 12.5 Å². The molecule has 2 unspecified atom stereocenters. The Bertz CT molecular complexity index is 599. The number of rotatable bonds is 5. The van der Waals surface area contributed by atoms with Crippen LogP contribution >= 0.6 is 12.4 Å². The van der Waals surface area contributed by atoms with Gasteiger partial charge in [0.15, 0.2) is 0 Å². The third-order valence-corrected chi connectivity index (χ3v) is 6.13. The second kappa shape index (κ2) is 8.41. The quantitative estimate of drug-likeness (QED) is 0.838. The summed E-state index contributed by atoms with van der Waals surface area (Å²) in [5.41, 5.74) is 7.69. The molecule has 0 aliphatic heterocycles. The van der Waals surface area contributed by atoms with E-state index in [4.69, 9.17) is 10.5 Å². The van der Waals surface area contributed by atoms with Gasteiger partial charge in [-0.3, -0.25) is 4.79 Å². The number of nitrogens with one attached hydrogen (secondary N) is 1. The van der Waals surface area contributed by atoms with Crippen molar-refractivity contribution in [3.05, 3.63) is 29.3 Å². The molecule has 3 rings (SSSR count). The van der Waals surface area contributed by atoms with Crippen molar-refractivity contribution in [3.8, 4) is 5.75 Å². The van der Waals surface area contributed by atoms with Gasteiger partial charge in [0.05, 0.1) is 12.5 Å². The zero-order chi connectivity index (χ0) is 17.2. The lowest BCUT2D eigenvalue weighted by atomic mass is 9.77.